The first-order chi connectivity index (χ1) is 10.8. The molecule has 4 nitrogen and oxygen atoms in total. The third kappa shape index (κ3) is 2.66. The number of nitrogens with one attached hydrogen (secondary N) is 2. The normalized spacial score (nSPS) is 31.1. The molecule has 2 saturated carbocycles. The van der Waals surface area contributed by atoms with Gasteiger partial charge in [-0.25, -0.2) is 0 Å². The lowest BCUT2D eigenvalue weighted by Gasteiger charge is -2.40. The summed E-state index contributed by atoms with van der Waals surface area (Å²) in [5.74, 6) is 1.22. The van der Waals surface area contributed by atoms with E-state index < -0.39 is 0 Å². The van der Waals surface area contributed by atoms with E-state index >= 15 is 0 Å². The van der Waals surface area contributed by atoms with Gasteiger partial charge < -0.3 is 9.84 Å². The van der Waals surface area contributed by atoms with Gasteiger partial charge in [-0.2, -0.15) is 0 Å². The van der Waals surface area contributed by atoms with Gasteiger partial charge in [-0.1, -0.05) is 38.5 Å². The minimum atomic E-state index is 0.0333. The van der Waals surface area contributed by atoms with Crippen LogP contribution in [0.3, 0.4) is 0 Å². The zero-order valence-corrected chi connectivity index (χ0v) is 13.4. The maximum Gasteiger partial charge on any atom is 0.270 e. The van der Waals surface area contributed by atoms with Gasteiger partial charge in [-0.3, -0.25) is 9.89 Å². The topological polar surface area (TPSA) is 57.9 Å². The highest BCUT2D eigenvalue weighted by Gasteiger charge is 2.39. The lowest BCUT2D eigenvalue weighted by molar-refractivity contribution is -0.0941. The molecule has 0 radical (unpaired) electrons. The standard InChI is InChI=1S/C18H28N2O2/c21-18-16-14(19-20-18)11-15(12-7-3-1-4-8-12)22-17(16)13-9-5-2-6-10-13/h12-13,15,17H,1-11H2,(H2,19,20,21). The van der Waals surface area contributed by atoms with E-state index in [-0.39, 0.29) is 11.7 Å². The van der Waals surface area contributed by atoms with Crippen LogP contribution in [0.2, 0.25) is 0 Å². The molecule has 2 N–H and O–H groups in total. The average molecular weight is 304 g/mol. The summed E-state index contributed by atoms with van der Waals surface area (Å²) in [5.41, 5.74) is 2.09. The Balaban J connectivity index is 1.60. The summed E-state index contributed by atoms with van der Waals surface area (Å²) in [4.78, 5) is 12.2. The van der Waals surface area contributed by atoms with Crippen LogP contribution in [0.1, 0.15) is 81.6 Å². The van der Waals surface area contributed by atoms with E-state index in [1.165, 1.54) is 64.2 Å². The van der Waals surface area contributed by atoms with Crippen LogP contribution in [-0.4, -0.2) is 16.3 Å². The SMILES string of the molecule is O=c1[nH][nH]c2c1C(C1CCCCC1)OC(C1CCCCC1)C2. The molecule has 0 saturated heterocycles. The van der Waals surface area contributed by atoms with E-state index in [1.54, 1.807) is 0 Å². The number of hydrogen-bond acceptors (Lipinski definition) is 2. The highest BCUT2D eigenvalue weighted by atomic mass is 16.5. The van der Waals surface area contributed by atoms with Crippen molar-refractivity contribution in [3.63, 3.8) is 0 Å². The monoisotopic (exact) mass is 304 g/mol. The van der Waals surface area contributed by atoms with Gasteiger partial charge in [0.25, 0.3) is 5.56 Å². The van der Waals surface area contributed by atoms with Crippen molar-refractivity contribution in [2.24, 2.45) is 11.8 Å². The summed E-state index contributed by atoms with van der Waals surface area (Å²) in [6.07, 6.45) is 14.2. The van der Waals surface area contributed by atoms with E-state index in [9.17, 15) is 4.79 Å². The molecule has 2 aliphatic carbocycles. The van der Waals surface area contributed by atoms with E-state index in [0.29, 0.717) is 17.9 Å². The minimum Gasteiger partial charge on any atom is -0.369 e. The highest BCUT2D eigenvalue weighted by Crippen LogP contribution is 2.43. The quantitative estimate of drug-likeness (QED) is 0.872. The van der Waals surface area contributed by atoms with Gasteiger partial charge >= 0.3 is 0 Å². The molecule has 0 bridgehead atoms. The second-order valence-corrected chi connectivity index (χ2v) is 7.57. The number of H-pyrrole nitrogens is 2. The second kappa shape index (κ2) is 6.23. The fourth-order valence-corrected chi connectivity index (χ4v) is 4.94. The van der Waals surface area contributed by atoms with Gasteiger partial charge in [0.15, 0.2) is 0 Å². The first-order valence-corrected chi connectivity index (χ1v) is 9.28. The summed E-state index contributed by atoms with van der Waals surface area (Å²) in [6, 6.07) is 0. The van der Waals surface area contributed by atoms with Crippen molar-refractivity contribution in [3.8, 4) is 0 Å². The third-order valence-electron chi connectivity index (χ3n) is 6.16. The van der Waals surface area contributed by atoms with Gasteiger partial charge in [0, 0.05) is 12.1 Å². The maximum absolute atomic E-state index is 12.2. The average Bonchev–Trinajstić information content (AvgIpc) is 2.97. The molecular weight excluding hydrogens is 276 g/mol. The van der Waals surface area contributed by atoms with E-state index in [1.807, 2.05) is 0 Å². The molecule has 0 aromatic carbocycles. The predicted octanol–water partition coefficient (Wildman–Crippen LogP) is 3.85. The van der Waals surface area contributed by atoms with Crippen molar-refractivity contribution in [2.75, 3.05) is 0 Å². The lowest BCUT2D eigenvalue weighted by atomic mass is 9.78. The smallest absolute Gasteiger partial charge is 0.270 e. The molecule has 2 heterocycles. The fraction of sp³-hybridized carbons (Fsp3) is 0.833. The van der Waals surface area contributed by atoms with Crippen LogP contribution in [0.4, 0.5) is 0 Å². The van der Waals surface area contributed by atoms with Crippen molar-refractivity contribution in [1.29, 1.82) is 0 Å². The Morgan fingerprint density at radius 2 is 1.45 bits per heavy atom. The van der Waals surface area contributed by atoms with Crippen LogP contribution in [-0.2, 0) is 11.2 Å². The molecule has 2 unspecified atom stereocenters. The van der Waals surface area contributed by atoms with Crippen molar-refractivity contribution in [1.82, 2.24) is 10.2 Å². The van der Waals surface area contributed by atoms with Crippen LogP contribution in [0.15, 0.2) is 4.79 Å². The first kappa shape index (κ1) is 14.6. The molecule has 0 spiro atoms. The van der Waals surface area contributed by atoms with Crippen LogP contribution in [0.5, 0.6) is 0 Å². The second-order valence-electron chi connectivity index (χ2n) is 7.57. The van der Waals surface area contributed by atoms with E-state index in [2.05, 4.69) is 10.2 Å². The van der Waals surface area contributed by atoms with Crippen LogP contribution in [0, 0.1) is 11.8 Å². The number of ether oxygens (including phenoxy) is 1. The summed E-state index contributed by atoms with van der Waals surface area (Å²) in [6.45, 7) is 0. The lowest BCUT2D eigenvalue weighted by Crippen LogP contribution is -2.38. The Hall–Kier alpha value is -1.03. The van der Waals surface area contributed by atoms with Crippen molar-refractivity contribution < 1.29 is 4.74 Å². The number of aromatic nitrogens is 2. The number of aromatic amines is 2. The zero-order valence-electron chi connectivity index (χ0n) is 13.4. The Morgan fingerprint density at radius 3 is 2.14 bits per heavy atom. The molecule has 0 amide bonds. The summed E-state index contributed by atoms with van der Waals surface area (Å²) < 4.78 is 6.59. The van der Waals surface area contributed by atoms with Crippen LogP contribution < -0.4 is 5.56 Å². The van der Waals surface area contributed by atoms with Gasteiger partial charge in [0.2, 0.25) is 0 Å². The molecule has 1 aromatic rings. The molecule has 3 aliphatic rings. The summed E-state index contributed by atoms with van der Waals surface area (Å²) in [5, 5.41) is 5.96. The van der Waals surface area contributed by atoms with Gasteiger partial charge in [0.1, 0.15) is 0 Å². The van der Waals surface area contributed by atoms with Gasteiger partial charge in [0.05, 0.1) is 17.8 Å². The van der Waals surface area contributed by atoms with Gasteiger partial charge in [-0.15, -0.1) is 0 Å². The summed E-state index contributed by atoms with van der Waals surface area (Å²) >= 11 is 0. The Morgan fingerprint density at radius 1 is 0.818 bits per heavy atom. The van der Waals surface area contributed by atoms with Crippen LogP contribution >= 0.6 is 0 Å². The van der Waals surface area contributed by atoms with E-state index in [0.717, 1.165) is 17.7 Å². The van der Waals surface area contributed by atoms with Crippen LogP contribution in [0.25, 0.3) is 0 Å². The molecule has 2 atom stereocenters. The molecule has 2 fully saturated rings. The third-order valence-corrected chi connectivity index (χ3v) is 6.16. The molecule has 22 heavy (non-hydrogen) atoms. The zero-order chi connectivity index (χ0) is 14.9. The molecule has 122 valence electrons. The molecule has 4 heteroatoms. The number of fused-ring (bicyclic) bond motifs is 1. The number of rotatable bonds is 2. The molecular formula is C18H28N2O2. The number of hydrogen-bond donors (Lipinski definition) is 2. The fourth-order valence-electron chi connectivity index (χ4n) is 4.94. The predicted molar refractivity (Wildman–Crippen MR) is 85.9 cm³/mol. The Labute approximate surface area is 132 Å². The minimum absolute atomic E-state index is 0.0333. The van der Waals surface area contributed by atoms with Gasteiger partial charge in [-0.05, 0) is 37.5 Å². The Bertz CT molecular complexity index is 550. The Kier molecular flexibility index (Phi) is 4.12. The molecule has 4 rings (SSSR count). The van der Waals surface area contributed by atoms with Crippen molar-refractivity contribution in [3.05, 3.63) is 21.6 Å². The molecule has 1 aromatic heterocycles. The summed E-state index contributed by atoms with van der Waals surface area (Å²) in [7, 11) is 0. The first-order valence-electron chi connectivity index (χ1n) is 9.28. The molecule has 1 aliphatic heterocycles. The van der Waals surface area contributed by atoms with Crippen molar-refractivity contribution in [2.45, 2.75) is 82.8 Å². The largest absolute Gasteiger partial charge is 0.369 e. The van der Waals surface area contributed by atoms with Crippen molar-refractivity contribution >= 4 is 0 Å². The van der Waals surface area contributed by atoms with E-state index in [4.69, 9.17) is 4.74 Å². The maximum atomic E-state index is 12.2. The highest BCUT2D eigenvalue weighted by molar-refractivity contribution is 5.24.